The first kappa shape index (κ1) is 10.4. The Morgan fingerprint density at radius 1 is 1.64 bits per heavy atom. The van der Waals surface area contributed by atoms with Gasteiger partial charge in [-0.2, -0.15) is 0 Å². The van der Waals surface area contributed by atoms with E-state index in [1.54, 1.807) is 12.4 Å². The molecule has 0 unspecified atom stereocenters. The number of nitrogens with two attached hydrogens (primary N) is 1. The zero-order valence-corrected chi connectivity index (χ0v) is 7.81. The van der Waals surface area contributed by atoms with Crippen LogP contribution in [0.5, 0.6) is 0 Å². The Bertz CT molecular complexity index is 305. The maximum absolute atomic E-state index is 11.4. The van der Waals surface area contributed by atoms with E-state index in [0.717, 1.165) is 0 Å². The van der Waals surface area contributed by atoms with Crippen molar-refractivity contribution in [1.82, 2.24) is 9.55 Å². The zero-order valence-electron chi connectivity index (χ0n) is 7.81. The summed E-state index contributed by atoms with van der Waals surface area (Å²) in [6.45, 7) is 0. The van der Waals surface area contributed by atoms with Crippen LogP contribution < -0.4 is 5.73 Å². The molecule has 5 heteroatoms. The molecular formula is C9H13N4O. The minimum atomic E-state index is -0.0222. The van der Waals surface area contributed by atoms with Crippen molar-refractivity contribution < 1.29 is 4.79 Å². The predicted molar refractivity (Wildman–Crippen MR) is 52.9 cm³/mol. The van der Waals surface area contributed by atoms with Crippen LogP contribution >= 0.6 is 0 Å². The van der Waals surface area contributed by atoms with Crippen LogP contribution in [0.4, 0.5) is 0 Å². The Hall–Kier alpha value is -1.65. The van der Waals surface area contributed by atoms with E-state index in [-0.39, 0.29) is 11.7 Å². The normalized spacial score (nSPS) is 10.0. The molecule has 0 amide bonds. The fourth-order valence-electron chi connectivity index (χ4n) is 0.995. The summed E-state index contributed by atoms with van der Waals surface area (Å²) in [4.78, 5) is 15.1. The molecule has 0 atom stereocenters. The molecule has 75 valence electrons. The fraction of sp³-hybridized carbons (Fsp3) is 0.333. The number of hydrogen-bond acceptors (Lipinski definition) is 3. The second kappa shape index (κ2) is 5.16. The van der Waals surface area contributed by atoms with Gasteiger partial charge in [-0.3, -0.25) is 14.8 Å². The number of carbonyl (C=O) groups excluding carboxylic acids is 1. The summed E-state index contributed by atoms with van der Waals surface area (Å²) in [6, 6.07) is 0. The Balaban J connectivity index is 2.19. The second-order valence-electron chi connectivity index (χ2n) is 2.92. The third-order valence-electron chi connectivity index (χ3n) is 1.73. The average Bonchev–Trinajstić information content (AvgIpc) is 2.64. The van der Waals surface area contributed by atoms with Gasteiger partial charge in [-0.1, -0.05) is 0 Å². The molecule has 0 aliphatic carbocycles. The van der Waals surface area contributed by atoms with Gasteiger partial charge in [-0.25, -0.2) is 4.98 Å². The van der Waals surface area contributed by atoms with Gasteiger partial charge in [0, 0.05) is 25.2 Å². The molecule has 3 N–H and O–H groups in total. The summed E-state index contributed by atoms with van der Waals surface area (Å²) >= 11 is 0. The van der Waals surface area contributed by atoms with Crippen molar-refractivity contribution in [2.45, 2.75) is 19.3 Å². The molecule has 1 radical (unpaired) electrons. The highest BCUT2D eigenvalue weighted by atomic mass is 16.2. The van der Waals surface area contributed by atoms with E-state index in [4.69, 9.17) is 11.1 Å². The van der Waals surface area contributed by atoms with Gasteiger partial charge in [0.05, 0.1) is 5.84 Å². The first-order valence-electron chi connectivity index (χ1n) is 4.36. The summed E-state index contributed by atoms with van der Waals surface area (Å²) < 4.78 is 1.43. The van der Waals surface area contributed by atoms with Crippen LogP contribution in [0.2, 0.25) is 0 Å². The fourth-order valence-corrected chi connectivity index (χ4v) is 0.995. The Labute approximate surface area is 82.4 Å². The van der Waals surface area contributed by atoms with Crippen molar-refractivity contribution in [1.29, 1.82) is 5.41 Å². The molecule has 0 aliphatic heterocycles. The van der Waals surface area contributed by atoms with E-state index < -0.39 is 0 Å². The van der Waals surface area contributed by atoms with Crippen molar-refractivity contribution in [2.24, 2.45) is 5.73 Å². The van der Waals surface area contributed by atoms with Gasteiger partial charge >= 0.3 is 0 Å². The summed E-state index contributed by atoms with van der Waals surface area (Å²) in [5, 5.41) is 6.98. The van der Waals surface area contributed by atoms with Gasteiger partial charge in [0.1, 0.15) is 6.33 Å². The minimum Gasteiger partial charge on any atom is -0.388 e. The Kier molecular flexibility index (Phi) is 3.84. The molecule has 0 spiro atoms. The highest BCUT2D eigenvalue weighted by Gasteiger charge is 2.03. The molecule has 0 saturated carbocycles. The van der Waals surface area contributed by atoms with Crippen molar-refractivity contribution >= 4 is 11.7 Å². The van der Waals surface area contributed by atoms with Crippen LogP contribution in [0.1, 0.15) is 24.1 Å². The van der Waals surface area contributed by atoms with E-state index in [2.05, 4.69) is 4.98 Å². The first-order valence-corrected chi connectivity index (χ1v) is 4.36. The number of imidazole rings is 1. The van der Waals surface area contributed by atoms with Crippen LogP contribution in [0.3, 0.4) is 0 Å². The highest BCUT2D eigenvalue weighted by molar-refractivity contribution is 5.80. The largest absolute Gasteiger partial charge is 0.388 e. The number of carbonyl (C=O) groups is 1. The SMILES string of the molecule is N=C(N)CC[CH]CC(=O)n1ccnc1. The molecule has 0 fully saturated rings. The lowest BCUT2D eigenvalue weighted by Gasteiger charge is -2.00. The van der Waals surface area contributed by atoms with Gasteiger partial charge in [-0.05, 0) is 12.8 Å². The summed E-state index contributed by atoms with van der Waals surface area (Å²) in [5.74, 6) is 0.127. The van der Waals surface area contributed by atoms with Crippen molar-refractivity contribution in [2.75, 3.05) is 0 Å². The molecule has 1 aromatic heterocycles. The highest BCUT2D eigenvalue weighted by Crippen LogP contribution is 2.00. The number of amidine groups is 1. The quantitative estimate of drug-likeness (QED) is 0.412. The maximum atomic E-state index is 11.4. The topological polar surface area (TPSA) is 84.8 Å². The van der Waals surface area contributed by atoms with E-state index >= 15 is 0 Å². The lowest BCUT2D eigenvalue weighted by Crippen LogP contribution is -2.11. The zero-order chi connectivity index (χ0) is 10.4. The van der Waals surface area contributed by atoms with Gasteiger partial charge in [0.15, 0.2) is 0 Å². The molecule has 1 aromatic rings. The van der Waals surface area contributed by atoms with Gasteiger partial charge in [-0.15, -0.1) is 0 Å². The lowest BCUT2D eigenvalue weighted by atomic mass is 10.2. The molecular weight excluding hydrogens is 180 g/mol. The van der Waals surface area contributed by atoms with Gasteiger partial charge in [0.2, 0.25) is 5.91 Å². The Morgan fingerprint density at radius 3 is 3.00 bits per heavy atom. The molecule has 0 aromatic carbocycles. The molecule has 0 aliphatic rings. The number of aromatic nitrogens is 2. The van der Waals surface area contributed by atoms with Crippen LogP contribution in [0.25, 0.3) is 0 Å². The van der Waals surface area contributed by atoms with E-state index in [9.17, 15) is 4.79 Å². The van der Waals surface area contributed by atoms with E-state index in [1.165, 1.54) is 10.9 Å². The summed E-state index contributed by atoms with van der Waals surface area (Å²) in [5.41, 5.74) is 5.17. The molecule has 14 heavy (non-hydrogen) atoms. The molecule has 1 rings (SSSR count). The number of unbranched alkanes of at least 4 members (excludes halogenated alkanes) is 1. The smallest absolute Gasteiger partial charge is 0.232 e. The van der Waals surface area contributed by atoms with Crippen molar-refractivity contribution in [3.63, 3.8) is 0 Å². The number of rotatable bonds is 5. The summed E-state index contributed by atoms with van der Waals surface area (Å²) in [6.07, 6.45) is 8.00. The molecule has 1 heterocycles. The summed E-state index contributed by atoms with van der Waals surface area (Å²) in [7, 11) is 0. The van der Waals surface area contributed by atoms with Crippen LogP contribution in [0, 0.1) is 11.8 Å². The van der Waals surface area contributed by atoms with E-state index in [0.29, 0.717) is 19.3 Å². The standard InChI is InChI=1S/C9H13N4O/c10-8(11)3-1-2-4-9(14)13-6-5-12-7-13/h2,5-7H,1,3-4H2,(H3,10,11). The number of hydrogen-bond donors (Lipinski definition) is 2. The predicted octanol–water partition coefficient (Wildman–Crippen LogP) is 0.834. The van der Waals surface area contributed by atoms with Crippen LogP contribution in [-0.4, -0.2) is 21.3 Å². The third kappa shape index (κ3) is 3.38. The van der Waals surface area contributed by atoms with E-state index in [1.807, 2.05) is 6.42 Å². The minimum absolute atomic E-state index is 0.0222. The third-order valence-corrected chi connectivity index (χ3v) is 1.73. The lowest BCUT2D eigenvalue weighted by molar-refractivity contribution is 0.0911. The van der Waals surface area contributed by atoms with Crippen LogP contribution in [-0.2, 0) is 0 Å². The van der Waals surface area contributed by atoms with Crippen molar-refractivity contribution in [3.05, 3.63) is 25.1 Å². The van der Waals surface area contributed by atoms with Gasteiger partial charge in [0.25, 0.3) is 0 Å². The monoisotopic (exact) mass is 193 g/mol. The number of nitrogens with one attached hydrogen (secondary N) is 1. The number of nitrogens with zero attached hydrogens (tertiary/aromatic N) is 2. The first-order chi connectivity index (χ1) is 6.70. The second-order valence-corrected chi connectivity index (χ2v) is 2.92. The average molecular weight is 193 g/mol. The van der Waals surface area contributed by atoms with Crippen LogP contribution in [0.15, 0.2) is 18.7 Å². The van der Waals surface area contributed by atoms with Gasteiger partial charge < -0.3 is 5.73 Å². The van der Waals surface area contributed by atoms with Crippen molar-refractivity contribution in [3.8, 4) is 0 Å². The Morgan fingerprint density at radius 2 is 2.43 bits per heavy atom. The molecule has 0 saturated heterocycles. The maximum Gasteiger partial charge on any atom is 0.232 e. The molecule has 5 nitrogen and oxygen atoms in total. The molecule has 0 bridgehead atoms.